The van der Waals surface area contributed by atoms with E-state index in [1.54, 1.807) is 12.1 Å². The molecule has 1 aromatic carbocycles. The Kier molecular flexibility index (Phi) is 7.07. The zero-order valence-electron chi connectivity index (χ0n) is 17.0. The highest BCUT2D eigenvalue weighted by Crippen LogP contribution is 2.28. The number of phenolic OH excluding ortho intramolecular Hbond substituents is 1. The fourth-order valence-corrected chi connectivity index (χ4v) is 4.09. The summed E-state index contributed by atoms with van der Waals surface area (Å²) in [6, 6.07) is 5.56. The number of anilines is 3. The van der Waals surface area contributed by atoms with Gasteiger partial charge in [0, 0.05) is 11.7 Å². The van der Waals surface area contributed by atoms with E-state index in [0.717, 1.165) is 38.8 Å². The summed E-state index contributed by atoms with van der Waals surface area (Å²) in [5.41, 5.74) is 0.678. The maximum atomic E-state index is 9.65. The third kappa shape index (κ3) is 5.86. The van der Waals surface area contributed by atoms with E-state index in [1.165, 1.54) is 31.7 Å². The van der Waals surface area contributed by atoms with Crippen LogP contribution in [-0.2, 0) is 0 Å². The zero-order chi connectivity index (χ0) is 20.8. The van der Waals surface area contributed by atoms with Crippen molar-refractivity contribution in [3.63, 3.8) is 0 Å². The van der Waals surface area contributed by atoms with Gasteiger partial charge in [0.25, 0.3) is 0 Å². The number of rotatable bonds is 6. The molecule has 1 aliphatic carbocycles. The molecule has 2 heterocycles. The Labute approximate surface area is 181 Å². The first kappa shape index (κ1) is 20.9. The van der Waals surface area contributed by atoms with Gasteiger partial charge >= 0.3 is 6.01 Å². The second-order valence-electron chi connectivity index (χ2n) is 7.96. The van der Waals surface area contributed by atoms with Gasteiger partial charge in [-0.15, -0.1) is 0 Å². The molecule has 4 N–H and O–H groups in total. The normalized spacial score (nSPS) is 18.6. The van der Waals surface area contributed by atoms with E-state index in [0.29, 0.717) is 29.6 Å². The molecule has 2 aliphatic rings. The van der Waals surface area contributed by atoms with Crippen molar-refractivity contribution in [3.05, 3.63) is 23.2 Å². The Morgan fingerprint density at radius 3 is 2.43 bits per heavy atom. The molecule has 1 aromatic heterocycles. The summed E-state index contributed by atoms with van der Waals surface area (Å²) >= 11 is 6.03. The van der Waals surface area contributed by atoms with Gasteiger partial charge in [-0.25, -0.2) is 0 Å². The molecule has 1 saturated carbocycles. The number of nitrogens with zero attached hydrogens (tertiary/aromatic N) is 3. The van der Waals surface area contributed by atoms with Gasteiger partial charge in [-0.05, 0) is 57.0 Å². The summed E-state index contributed by atoms with van der Waals surface area (Å²) in [7, 11) is 0. The van der Waals surface area contributed by atoms with Gasteiger partial charge in [0.15, 0.2) is 0 Å². The number of nitrogens with one attached hydrogen (secondary N) is 3. The first-order valence-corrected chi connectivity index (χ1v) is 11.2. The molecule has 0 unspecified atom stereocenters. The third-order valence-electron chi connectivity index (χ3n) is 5.57. The fraction of sp³-hybridized carbons (Fsp3) is 0.571. The Balaban J connectivity index is 1.54. The van der Waals surface area contributed by atoms with E-state index >= 15 is 0 Å². The van der Waals surface area contributed by atoms with Crippen molar-refractivity contribution in [3.8, 4) is 11.8 Å². The molecule has 0 bridgehead atoms. The van der Waals surface area contributed by atoms with Crippen molar-refractivity contribution in [1.29, 1.82) is 0 Å². The Hall–Kier alpha value is -2.32. The SMILES string of the molecule is Oc1ccc(Nc2nc(NC3CCCCCC3)nc(OC3CCNCC3)n2)cc1Cl. The summed E-state index contributed by atoms with van der Waals surface area (Å²) in [6.45, 7) is 1.86. The molecule has 4 rings (SSSR count). The number of piperidine rings is 1. The average molecular weight is 433 g/mol. The van der Waals surface area contributed by atoms with Crippen molar-refractivity contribution >= 4 is 29.2 Å². The topological polar surface area (TPSA) is 104 Å². The lowest BCUT2D eigenvalue weighted by molar-refractivity contribution is 0.149. The standard InChI is InChI=1S/C21H29ClN6O2/c22-17-13-15(7-8-18(17)29)25-20-26-19(24-14-5-3-1-2-4-6-14)27-21(28-20)30-16-9-11-23-12-10-16/h7-8,13-14,16,23,29H,1-6,9-12H2,(H2,24,25,26,27,28). The molecule has 2 fully saturated rings. The molecule has 1 aliphatic heterocycles. The first-order valence-electron chi connectivity index (χ1n) is 10.8. The highest BCUT2D eigenvalue weighted by molar-refractivity contribution is 6.32. The lowest BCUT2D eigenvalue weighted by atomic mass is 10.1. The van der Waals surface area contributed by atoms with Crippen LogP contribution in [0, 0.1) is 0 Å². The second kappa shape index (κ2) is 10.1. The number of aromatic nitrogens is 3. The molecule has 30 heavy (non-hydrogen) atoms. The number of halogens is 1. The predicted octanol–water partition coefficient (Wildman–Crippen LogP) is 4.24. The molecule has 8 nitrogen and oxygen atoms in total. The van der Waals surface area contributed by atoms with Gasteiger partial charge < -0.3 is 25.8 Å². The van der Waals surface area contributed by atoms with E-state index < -0.39 is 0 Å². The van der Waals surface area contributed by atoms with Crippen LogP contribution in [0.5, 0.6) is 11.8 Å². The number of benzene rings is 1. The van der Waals surface area contributed by atoms with E-state index in [-0.39, 0.29) is 16.9 Å². The van der Waals surface area contributed by atoms with Gasteiger partial charge in [-0.1, -0.05) is 37.3 Å². The molecular formula is C21H29ClN6O2. The molecule has 0 spiro atoms. The molecule has 0 atom stereocenters. The van der Waals surface area contributed by atoms with E-state index in [1.807, 2.05) is 0 Å². The minimum absolute atomic E-state index is 0.0310. The lowest BCUT2D eigenvalue weighted by Gasteiger charge is -2.23. The number of hydrogen-bond donors (Lipinski definition) is 4. The summed E-state index contributed by atoms with van der Waals surface area (Å²) in [5, 5.41) is 19.9. The van der Waals surface area contributed by atoms with Crippen LogP contribution >= 0.6 is 11.6 Å². The highest BCUT2D eigenvalue weighted by atomic mass is 35.5. The number of ether oxygens (including phenoxy) is 1. The van der Waals surface area contributed by atoms with Crippen LogP contribution in [0.25, 0.3) is 0 Å². The fourth-order valence-electron chi connectivity index (χ4n) is 3.91. The van der Waals surface area contributed by atoms with Crippen molar-refractivity contribution in [2.45, 2.75) is 63.5 Å². The minimum Gasteiger partial charge on any atom is -0.506 e. The second-order valence-corrected chi connectivity index (χ2v) is 8.36. The molecule has 9 heteroatoms. The number of aromatic hydroxyl groups is 1. The number of phenols is 1. The summed E-state index contributed by atoms with van der Waals surface area (Å²) < 4.78 is 6.08. The molecule has 0 amide bonds. The van der Waals surface area contributed by atoms with Crippen LogP contribution in [0.4, 0.5) is 17.6 Å². The van der Waals surface area contributed by atoms with Gasteiger partial charge in [0.05, 0.1) is 5.02 Å². The smallest absolute Gasteiger partial charge is 0.323 e. The first-order chi connectivity index (χ1) is 14.7. The van der Waals surface area contributed by atoms with E-state index in [9.17, 15) is 5.11 Å². The summed E-state index contributed by atoms with van der Waals surface area (Å²) in [4.78, 5) is 13.6. The van der Waals surface area contributed by atoms with E-state index in [2.05, 4.69) is 30.9 Å². The maximum absolute atomic E-state index is 9.65. The maximum Gasteiger partial charge on any atom is 0.323 e. The van der Waals surface area contributed by atoms with Crippen LogP contribution in [0.3, 0.4) is 0 Å². The monoisotopic (exact) mass is 432 g/mol. The quantitative estimate of drug-likeness (QED) is 0.397. The van der Waals surface area contributed by atoms with Crippen molar-refractivity contribution < 1.29 is 9.84 Å². The average Bonchev–Trinajstić information content (AvgIpc) is 3.00. The number of hydrogen-bond acceptors (Lipinski definition) is 8. The third-order valence-corrected chi connectivity index (χ3v) is 5.87. The van der Waals surface area contributed by atoms with E-state index in [4.69, 9.17) is 16.3 Å². The van der Waals surface area contributed by atoms with Gasteiger partial charge in [-0.3, -0.25) is 0 Å². The lowest BCUT2D eigenvalue weighted by Crippen LogP contribution is -2.34. The van der Waals surface area contributed by atoms with Crippen LogP contribution in [0.1, 0.15) is 51.4 Å². The van der Waals surface area contributed by atoms with Crippen LogP contribution < -0.4 is 20.7 Å². The molecular weight excluding hydrogens is 404 g/mol. The van der Waals surface area contributed by atoms with Crippen molar-refractivity contribution in [2.75, 3.05) is 23.7 Å². The Bertz CT molecular complexity index is 838. The largest absolute Gasteiger partial charge is 0.506 e. The Morgan fingerprint density at radius 2 is 1.70 bits per heavy atom. The summed E-state index contributed by atoms with van der Waals surface area (Å²) in [5.74, 6) is 0.934. The van der Waals surface area contributed by atoms with Crippen molar-refractivity contribution in [1.82, 2.24) is 20.3 Å². The van der Waals surface area contributed by atoms with Crippen LogP contribution in [-0.4, -0.2) is 45.3 Å². The highest BCUT2D eigenvalue weighted by Gasteiger charge is 2.19. The minimum atomic E-state index is 0.0310. The molecule has 162 valence electrons. The van der Waals surface area contributed by atoms with Gasteiger partial charge in [-0.2, -0.15) is 15.0 Å². The van der Waals surface area contributed by atoms with Crippen LogP contribution in [0.2, 0.25) is 5.02 Å². The molecule has 0 radical (unpaired) electrons. The predicted molar refractivity (Wildman–Crippen MR) is 118 cm³/mol. The van der Waals surface area contributed by atoms with Gasteiger partial charge in [0.1, 0.15) is 11.9 Å². The van der Waals surface area contributed by atoms with Gasteiger partial charge in [0.2, 0.25) is 11.9 Å². The van der Waals surface area contributed by atoms with Crippen molar-refractivity contribution in [2.24, 2.45) is 0 Å². The zero-order valence-corrected chi connectivity index (χ0v) is 17.8. The Morgan fingerprint density at radius 1 is 0.967 bits per heavy atom. The molecule has 2 aromatic rings. The summed E-state index contributed by atoms with van der Waals surface area (Å²) in [6.07, 6.45) is 9.19. The molecule has 1 saturated heterocycles. The van der Waals surface area contributed by atoms with Crippen LogP contribution in [0.15, 0.2) is 18.2 Å².